The van der Waals surface area contributed by atoms with Gasteiger partial charge in [-0.25, -0.2) is 0 Å². The maximum Gasteiger partial charge on any atom is 0.498 e. The van der Waals surface area contributed by atoms with E-state index in [1.165, 1.54) is 6.20 Å². The number of amides is 1. The fraction of sp³-hybridized carbons (Fsp3) is 0.500. The average molecular weight is 283 g/mol. The molecule has 5 nitrogen and oxygen atoms in total. The molecule has 0 saturated carbocycles. The van der Waals surface area contributed by atoms with E-state index in [1.807, 2.05) is 27.7 Å². The summed E-state index contributed by atoms with van der Waals surface area (Å²) in [4.78, 5) is 15.4. The second-order valence-electron chi connectivity index (χ2n) is 5.51. The zero-order valence-corrected chi connectivity index (χ0v) is 12.1. The van der Waals surface area contributed by atoms with Gasteiger partial charge >= 0.3 is 7.12 Å². The first-order valence-electron chi connectivity index (χ1n) is 5.95. The largest absolute Gasteiger partial charge is 0.498 e. The highest BCUT2D eigenvalue weighted by Gasteiger charge is 2.53. The zero-order chi connectivity index (χ0) is 14.4. The predicted molar refractivity (Wildman–Crippen MR) is 73.5 cm³/mol. The Morgan fingerprint density at radius 1 is 1.32 bits per heavy atom. The van der Waals surface area contributed by atoms with Crippen molar-refractivity contribution >= 4 is 30.1 Å². The van der Waals surface area contributed by atoms with Gasteiger partial charge in [0.1, 0.15) is 5.69 Å². The van der Waals surface area contributed by atoms with Crippen molar-refractivity contribution in [2.45, 2.75) is 38.9 Å². The lowest BCUT2D eigenvalue weighted by molar-refractivity contribution is 0.00578. The Kier molecular flexibility index (Phi) is 3.37. The molecular weight excluding hydrogens is 266 g/mol. The highest BCUT2D eigenvalue weighted by molar-refractivity contribution is 6.67. The molecule has 0 unspecified atom stereocenters. The molecule has 2 heterocycles. The quantitative estimate of drug-likeness (QED) is 0.825. The van der Waals surface area contributed by atoms with Crippen LogP contribution in [-0.2, 0) is 9.31 Å². The molecule has 2 N–H and O–H groups in total. The molecule has 0 aliphatic carbocycles. The first-order chi connectivity index (χ1) is 8.66. The molecule has 19 heavy (non-hydrogen) atoms. The van der Waals surface area contributed by atoms with E-state index < -0.39 is 24.2 Å². The number of primary amides is 1. The summed E-state index contributed by atoms with van der Waals surface area (Å²) in [5, 5.41) is 0.349. The lowest BCUT2D eigenvalue weighted by Gasteiger charge is -2.32. The van der Waals surface area contributed by atoms with Gasteiger partial charge in [-0.15, -0.1) is 0 Å². The third-order valence-corrected chi connectivity index (χ3v) is 3.99. The van der Waals surface area contributed by atoms with Gasteiger partial charge in [-0.05, 0) is 33.8 Å². The molecular formula is C12H16BClN2O3. The molecule has 1 saturated heterocycles. The van der Waals surface area contributed by atoms with Gasteiger partial charge in [0.05, 0.1) is 11.2 Å². The Balaban J connectivity index is 2.48. The van der Waals surface area contributed by atoms with Gasteiger partial charge < -0.3 is 15.0 Å². The minimum atomic E-state index is -0.756. The summed E-state index contributed by atoms with van der Waals surface area (Å²) >= 11 is 6.13. The van der Waals surface area contributed by atoms with Crippen LogP contribution in [0.15, 0.2) is 12.3 Å². The van der Waals surface area contributed by atoms with Gasteiger partial charge in [0, 0.05) is 16.7 Å². The van der Waals surface area contributed by atoms with Crippen molar-refractivity contribution in [3.05, 3.63) is 23.0 Å². The molecule has 1 aliphatic heterocycles. The Hall–Kier alpha value is -1.11. The number of pyridine rings is 1. The molecule has 0 bridgehead atoms. The number of hydrogen-bond donors (Lipinski definition) is 1. The summed E-state index contributed by atoms with van der Waals surface area (Å²) < 4.78 is 11.7. The minimum absolute atomic E-state index is 0.0750. The Labute approximate surface area is 117 Å². The number of carbonyl (C=O) groups excluding carboxylic acids is 1. The Morgan fingerprint density at radius 3 is 2.32 bits per heavy atom. The summed E-state index contributed by atoms with van der Waals surface area (Å²) in [6.07, 6.45) is 1.43. The van der Waals surface area contributed by atoms with Crippen LogP contribution in [0.5, 0.6) is 0 Å². The van der Waals surface area contributed by atoms with Crippen LogP contribution in [0.25, 0.3) is 0 Å². The van der Waals surface area contributed by atoms with E-state index in [9.17, 15) is 4.79 Å². The van der Waals surface area contributed by atoms with E-state index in [-0.39, 0.29) is 5.69 Å². The van der Waals surface area contributed by atoms with E-state index in [2.05, 4.69) is 4.98 Å². The fourth-order valence-electron chi connectivity index (χ4n) is 1.83. The second-order valence-corrected chi connectivity index (χ2v) is 5.91. The average Bonchev–Trinajstić information content (AvgIpc) is 2.47. The van der Waals surface area contributed by atoms with Crippen LogP contribution in [-0.4, -0.2) is 29.2 Å². The second kappa shape index (κ2) is 4.47. The molecule has 0 atom stereocenters. The Morgan fingerprint density at radius 2 is 1.84 bits per heavy atom. The first-order valence-corrected chi connectivity index (χ1v) is 6.33. The van der Waals surface area contributed by atoms with Crippen molar-refractivity contribution < 1.29 is 14.1 Å². The van der Waals surface area contributed by atoms with Crippen molar-refractivity contribution in [1.29, 1.82) is 0 Å². The highest BCUT2D eigenvalue weighted by Crippen LogP contribution is 2.37. The van der Waals surface area contributed by atoms with Crippen LogP contribution < -0.4 is 11.2 Å². The zero-order valence-electron chi connectivity index (χ0n) is 11.4. The van der Waals surface area contributed by atoms with Gasteiger partial charge in [-0.3, -0.25) is 9.78 Å². The van der Waals surface area contributed by atoms with E-state index in [0.717, 1.165) is 0 Å². The molecule has 0 spiro atoms. The summed E-state index contributed by atoms with van der Waals surface area (Å²) in [5.41, 5.74) is 4.73. The van der Waals surface area contributed by atoms with Crippen molar-refractivity contribution in [2.75, 3.05) is 0 Å². The summed E-state index contributed by atoms with van der Waals surface area (Å²) in [5.74, 6) is -0.660. The van der Waals surface area contributed by atoms with Gasteiger partial charge in [0.25, 0.3) is 5.91 Å². The molecule has 102 valence electrons. The molecule has 2 rings (SSSR count). The summed E-state index contributed by atoms with van der Waals surface area (Å²) in [7, 11) is -0.756. The van der Waals surface area contributed by atoms with Gasteiger partial charge in [-0.2, -0.15) is 0 Å². The molecule has 1 aliphatic rings. The number of nitrogens with two attached hydrogens (primary N) is 1. The smallest absolute Gasteiger partial charge is 0.399 e. The number of rotatable bonds is 2. The van der Waals surface area contributed by atoms with E-state index in [4.69, 9.17) is 26.6 Å². The highest BCUT2D eigenvalue weighted by atomic mass is 35.5. The van der Waals surface area contributed by atoms with Gasteiger partial charge in [-0.1, -0.05) is 11.6 Å². The molecule has 1 fully saturated rings. The van der Waals surface area contributed by atoms with Crippen LogP contribution in [0.3, 0.4) is 0 Å². The number of halogens is 1. The monoisotopic (exact) mass is 282 g/mol. The maximum absolute atomic E-state index is 11.4. The topological polar surface area (TPSA) is 74.4 Å². The van der Waals surface area contributed by atoms with Crippen LogP contribution in [0.1, 0.15) is 38.2 Å². The normalized spacial score (nSPS) is 20.6. The molecule has 0 radical (unpaired) electrons. The van der Waals surface area contributed by atoms with Crippen LogP contribution in [0.2, 0.25) is 5.02 Å². The number of aromatic nitrogens is 1. The molecule has 7 heteroatoms. The molecule has 1 aromatic heterocycles. The third kappa shape index (κ3) is 2.36. The van der Waals surface area contributed by atoms with E-state index >= 15 is 0 Å². The lowest BCUT2D eigenvalue weighted by Crippen LogP contribution is -2.41. The standard InChI is InChI=1S/C12H16BClN2O3/c1-11(2)12(3,4)19-13(18-11)8-7(14)5-6-16-9(8)10(15)17/h5-6H,1-4H3,(H2,15,17). The summed E-state index contributed by atoms with van der Waals surface area (Å²) in [6.45, 7) is 7.67. The summed E-state index contributed by atoms with van der Waals surface area (Å²) in [6, 6.07) is 1.58. The minimum Gasteiger partial charge on any atom is -0.399 e. The van der Waals surface area contributed by atoms with Crippen LogP contribution >= 0.6 is 11.6 Å². The lowest BCUT2D eigenvalue weighted by atomic mass is 9.77. The number of nitrogens with zero attached hydrogens (tertiary/aromatic N) is 1. The number of hydrogen-bond acceptors (Lipinski definition) is 4. The van der Waals surface area contributed by atoms with Crippen molar-refractivity contribution in [1.82, 2.24) is 4.98 Å². The predicted octanol–water partition coefficient (Wildman–Crippen LogP) is 1.13. The van der Waals surface area contributed by atoms with Crippen LogP contribution in [0, 0.1) is 0 Å². The van der Waals surface area contributed by atoms with Crippen molar-refractivity contribution in [2.24, 2.45) is 5.73 Å². The Bertz CT molecular complexity index is 518. The molecule has 1 amide bonds. The number of carbonyl (C=O) groups is 1. The van der Waals surface area contributed by atoms with E-state index in [0.29, 0.717) is 10.5 Å². The fourth-order valence-corrected chi connectivity index (χ4v) is 2.07. The van der Waals surface area contributed by atoms with Crippen LogP contribution in [0.4, 0.5) is 0 Å². The van der Waals surface area contributed by atoms with Gasteiger partial charge in [0.15, 0.2) is 0 Å². The van der Waals surface area contributed by atoms with Crippen molar-refractivity contribution in [3.8, 4) is 0 Å². The molecule has 1 aromatic rings. The first kappa shape index (κ1) is 14.3. The molecule has 0 aromatic carbocycles. The van der Waals surface area contributed by atoms with Crippen molar-refractivity contribution in [3.63, 3.8) is 0 Å². The third-order valence-electron chi connectivity index (χ3n) is 3.66. The van der Waals surface area contributed by atoms with Gasteiger partial charge in [0.2, 0.25) is 0 Å². The van der Waals surface area contributed by atoms with E-state index in [1.54, 1.807) is 6.07 Å². The SMILES string of the molecule is CC1(C)OB(c2c(Cl)ccnc2C(N)=O)OC1(C)C. The maximum atomic E-state index is 11.4.